The molecule has 4 nitrogen and oxygen atoms in total. The summed E-state index contributed by atoms with van der Waals surface area (Å²) in [4.78, 5) is 0. The lowest BCUT2D eigenvalue weighted by Gasteiger charge is -2.27. The standard InChI is InChI=1S/C15H34N2O2S/c1-13(14(2,3)4)17-20(18,19)12-10-8-9-11-16-15(5,6)7/h13,16-17H,8-12H2,1-7H3/t13-/m1/s1. The van der Waals surface area contributed by atoms with Gasteiger partial charge in [-0.1, -0.05) is 27.2 Å². The lowest BCUT2D eigenvalue weighted by Crippen LogP contribution is -2.42. The molecule has 0 spiro atoms. The summed E-state index contributed by atoms with van der Waals surface area (Å²) in [6.07, 6.45) is 2.67. The van der Waals surface area contributed by atoms with Crippen LogP contribution in [0.15, 0.2) is 0 Å². The molecule has 0 amide bonds. The molecule has 0 aliphatic heterocycles. The zero-order valence-electron chi connectivity index (χ0n) is 14.3. The van der Waals surface area contributed by atoms with E-state index in [1.807, 2.05) is 27.7 Å². The van der Waals surface area contributed by atoms with E-state index in [2.05, 4.69) is 30.8 Å². The summed E-state index contributed by atoms with van der Waals surface area (Å²) in [5.41, 5.74) is 0.0828. The number of hydrogen-bond donors (Lipinski definition) is 2. The summed E-state index contributed by atoms with van der Waals surface area (Å²) < 4.78 is 26.7. The maximum absolute atomic E-state index is 12.0. The highest BCUT2D eigenvalue weighted by molar-refractivity contribution is 7.89. The van der Waals surface area contributed by atoms with E-state index >= 15 is 0 Å². The number of nitrogens with one attached hydrogen (secondary N) is 2. The van der Waals surface area contributed by atoms with Crippen molar-refractivity contribution in [2.45, 2.75) is 79.3 Å². The van der Waals surface area contributed by atoms with Gasteiger partial charge < -0.3 is 5.32 Å². The SMILES string of the molecule is C[C@@H](NS(=O)(=O)CCCCCNC(C)(C)C)C(C)(C)C. The predicted molar refractivity (Wildman–Crippen MR) is 87.4 cm³/mol. The van der Waals surface area contributed by atoms with E-state index in [1.165, 1.54) is 0 Å². The van der Waals surface area contributed by atoms with Crippen molar-refractivity contribution in [3.05, 3.63) is 0 Å². The predicted octanol–water partition coefficient (Wildman–Crippen LogP) is 2.90. The molecule has 0 saturated heterocycles. The summed E-state index contributed by atoms with van der Waals surface area (Å²) in [5.74, 6) is 0.225. The maximum atomic E-state index is 12.0. The van der Waals surface area contributed by atoms with Crippen LogP contribution >= 0.6 is 0 Å². The molecule has 0 rings (SSSR count). The zero-order chi connectivity index (χ0) is 16.0. The van der Waals surface area contributed by atoms with Crippen molar-refractivity contribution in [2.24, 2.45) is 5.41 Å². The molecule has 0 aliphatic rings. The van der Waals surface area contributed by atoms with Gasteiger partial charge in [0.2, 0.25) is 10.0 Å². The first kappa shape index (κ1) is 19.9. The first-order chi connectivity index (χ1) is 8.83. The van der Waals surface area contributed by atoms with Gasteiger partial charge in [0.1, 0.15) is 0 Å². The Morgan fingerprint density at radius 2 is 1.50 bits per heavy atom. The molecule has 122 valence electrons. The minimum Gasteiger partial charge on any atom is -0.312 e. The molecule has 0 radical (unpaired) electrons. The average Bonchev–Trinajstić information content (AvgIpc) is 2.19. The Morgan fingerprint density at radius 1 is 0.950 bits per heavy atom. The van der Waals surface area contributed by atoms with Gasteiger partial charge in [-0.05, 0) is 52.5 Å². The normalized spacial score (nSPS) is 15.3. The third-order valence-electron chi connectivity index (χ3n) is 3.40. The van der Waals surface area contributed by atoms with Gasteiger partial charge in [0.25, 0.3) is 0 Å². The van der Waals surface area contributed by atoms with Crippen molar-refractivity contribution in [3.8, 4) is 0 Å². The van der Waals surface area contributed by atoms with Crippen LogP contribution in [0.25, 0.3) is 0 Å². The fourth-order valence-electron chi connectivity index (χ4n) is 1.56. The molecule has 0 aromatic rings. The molecule has 20 heavy (non-hydrogen) atoms. The molecule has 5 heteroatoms. The van der Waals surface area contributed by atoms with Crippen molar-refractivity contribution in [1.29, 1.82) is 0 Å². The van der Waals surface area contributed by atoms with Crippen LogP contribution in [0.5, 0.6) is 0 Å². The van der Waals surface area contributed by atoms with Crippen LogP contribution in [-0.2, 0) is 10.0 Å². The summed E-state index contributed by atoms with van der Waals surface area (Å²) in [6.45, 7) is 15.4. The first-order valence-electron chi connectivity index (χ1n) is 7.58. The van der Waals surface area contributed by atoms with Gasteiger partial charge in [0.05, 0.1) is 5.75 Å². The number of rotatable bonds is 8. The highest BCUT2D eigenvalue weighted by atomic mass is 32.2. The van der Waals surface area contributed by atoms with Crippen LogP contribution in [-0.4, -0.2) is 32.3 Å². The Kier molecular flexibility index (Phi) is 7.71. The Balaban J connectivity index is 3.90. The second-order valence-corrected chi connectivity index (χ2v) is 9.64. The molecule has 0 fully saturated rings. The van der Waals surface area contributed by atoms with E-state index in [-0.39, 0.29) is 22.7 Å². The summed E-state index contributed by atoms with van der Waals surface area (Å²) in [7, 11) is -3.15. The molecule has 0 aromatic heterocycles. The van der Waals surface area contributed by atoms with E-state index in [1.54, 1.807) is 0 Å². The lowest BCUT2D eigenvalue weighted by atomic mass is 9.89. The van der Waals surface area contributed by atoms with Crippen molar-refractivity contribution in [2.75, 3.05) is 12.3 Å². The van der Waals surface area contributed by atoms with Crippen LogP contribution in [0.1, 0.15) is 67.7 Å². The molecule has 0 bridgehead atoms. The average molecular weight is 307 g/mol. The van der Waals surface area contributed by atoms with E-state index < -0.39 is 10.0 Å². The Hall–Kier alpha value is -0.130. The first-order valence-corrected chi connectivity index (χ1v) is 9.24. The van der Waals surface area contributed by atoms with Gasteiger partial charge in [-0.3, -0.25) is 0 Å². The molecule has 1 atom stereocenters. The number of unbranched alkanes of at least 4 members (excludes halogenated alkanes) is 2. The quantitative estimate of drug-likeness (QED) is 0.678. The van der Waals surface area contributed by atoms with Crippen LogP contribution in [0.3, 0.4) is 0 Å². The Bertz CT molecular complexity index is 364. The summed E-state index contributed by atoms with van der Waals surface area (Å²) in [5, 5.41) is 3.41. The van der Waals surface area contributed by atoms with E-state index in [0.717, 1.165) is 25.8 Å². The number of hydrogen-bond acceptors (Lipinski definition) is 3. The molecular weight excluding hydrogens is 272 g/mol. The second kappa shape index (κ2) is 7.76. The topological polar surface area (TPSA) is 58.2 Å². The third kappa shape index (κ3) is 10.6. The minimum absolute atomic E-state index is 0.0462. The van der Waals surface area contributed by atoms with E-state index in [9.17, 15) is 8.42 Å². The molecule has 0 heterocycles. The van der Waals surface area contributed by atoms with Gasteiger partial charge in [-0.25, -0.2) is 13.1 Å². The third-order valence-corrected chi connectivity index (χ3v) is 4.94. The number of sulfonamides is 1. The van der Waals surface area contributed by atoms with Gasteiger partial charge in [0, 0.05) is 11.6 Å². The smallest absolute Gasteiger partial charge is 0.211 e. The summed E-state index contributed by atoms with van der Waals surface area (Å²) >= 11 is 0. The molecule has 2 N–H and O–H groups in total. The van der Waals surface area contributed by atoms with Gasteiger partial charge in [0.15, 0.2) is 0 Å². The fourth-order valence-corrected chi connectivity index (χ4v) is 3.16. The Labute approximate surface area is 126 Å². The second-order valence-electron chi connectivity index (χ2n) is 7.76. The molecule has 0 saturated carbocycles. The van der Waals surface area contributed by atoms with E-state index in [0.29, 0.717) is 0 Å². The van der Waals surface area contributed by atoms with Crippen LogP contribution < -0.4 is 10.0 Å². The molecular formula is C15H34N2O2S. The highest BCUT2D eigenvalue weighted by Crippen LogP contribution is 2.19. The maximum Gasteiger partial charge on any atom is 0.211 e. The fraction of sp³-hybridized carbons (Fsp3) is 1.00. The van der Waals surface area contributed by atoms with Gasteiger partial charge in [-0.15, -0.1) is 0 Å². The van der Waals surface area contributed by atoms with Crippen molar-refractivity contribution in [3.63, 3.8) is 0 Å². The van der Waals surface area contributed by atoms with Crippen LogP contribution in [0.2, 0.25) is 0 Å². The van der Waals surface area contributed by atoms with Crippen molar-refractivity contribution < 1.29 is 8.42 Å². The molecule has 0 aliphatic carbocycles. The van der Waals surface area contributed by atoms with Crippen molar-refractivity contribution in [1.82, 2.24) is 10.0 Å². The molecule has 0 aromatic carbocycles. The molecule has 0 unspecified atom stereocenters. The van der Waals surface area contributed by atoms with Gasteiger partial charge >= 0.3 is 0 Å². The summed E-state index contributed by atoms with van der Waals surface area (Å²) in [6, 6.07) is -0.0462. The largest absolute Gasteiger partial charge is 0.312 e. The zero-order valence-corrected chi connectivity index (χ0v) is 15.2. The van der Waals surface area contributed by atoms with Gasteiger partial charge in [-0.2, -0.15) is 0 Å². The minimum atomic E-state index is -3.15. The van der Waals surface area contributed by atoms with Crippen LogP contribution in [0.4, 0.5) is 0 Å². The van der Waals surface area contributed by atoms with E-state index in [4.69, 9.17) is 0 Å². The lowest BCUT2D eigenvalue weighted by molar-refractivity contribution is 0.317. The highest BCUT2D eigenvalue weighted by Gasteiger charge is 2.24. The van der Waals surface area contributed by atoms with Crippen LogP contribution in [0, 0.1) is 5.41 Å². The Morgan fingerprint density at radius 3 is 1.95 bits per heavy atom. The monoisotopic (exact) mass is 306 g/mol. The van der Waals surface area contributed by atoms with Crippen molar-refractivity contribution >= 4 is 10.0 Å².